The third-order valence-electron chi connectivity index (χ3n) is 4.11. The number of carbonyl (C=O) groups is 1. The van der Waals surface area contributed by atoms with Crippen molar-refractivity contribution < 1.29 is 4.79 Å². The quantitative estimate of drug-likeness (QED) is 0.881. The summed E-state index contributed by atoms with van der Waals surface area (Å²) in [7, 11) is 0. The van der Waals surface area contributed by atoms with Gasteiger partial charge in [-0.25, -0.2) is 0 Å². The number of halogens is 1. The predicted molar refractivity (Wildman–Crippen MR) is 87.7 cm³/mol. The number of rotatable bonds is 2. The molecule has 1 aliphatic rings. The normalized spacial score (nSPS) is 26.0. The molecule has 0 spiro atoms. The summed E-state index contributed by atoms with van der Waals surface area (Å²) in [6.07, 6.45) is 7.53. The molecule has 21 heavy (non-hydrogen) atoms. The highest BCUT2D eigenvalue weighted by molar-refractivity contribution is 5.93. The molecule has 1 heterocycles. The first-order chi connectivity index (χ1) is 9.20. The van der Waals surface area contributed by atoms with Crippen molar-refractivity contribution in [3.8, 4) is 0 Å². The van der Waals surface area contributed by atoms with Crippen LogP contribution in [0.25, 0.3) is 0 Å². The molecule has 2 unspecified atom stereocenters. The largest absolute Gasteiger partial charge is 0.325 e. The van der Waals surface area contributed by atoms with E-state index in [2.05, 4.69) is 31.2 Å². The molecule has 0 aromatic carbocycles. The third-order valence-corrected chi connectivity index (χ3v) is 4.11. The van der Waals surface area contributed by atoms with Gasteiger partial charge in [0, 0.05) is 11.7 Å². The topological polar surface area (TPSA) is 72.9 Å². The van der Waals surface area contributed by atoms with E-state index in [1.165, 1.54) is 0 Å². The Kier molecular flexibility index (Phi) is 5.45. The SMILES string of the molecule is CC1(N)CCCCC1C(=O)Nc1cnn(C(C)(C)C)c1.Cl. The van der Waals surface area contributed by atoms with Crippen molar-refractivity contribution >= 4 is 24.0 Å². The van der Waals surface area contributed by atoms with E-state index in [0.29, 0.717) is 0 Å². The second-order valence-corrected chi connectivity index (χ2v) is 7.14. The smallest absolute Gasteiger partial charge is 0.229 e. The Labute approximate surface area is 133 Å². The van der Waals surface area contributed by atoms with Crippen LogP contribution in [0.15, 0.2) is 12.4 Å². The molecule has 1 fully saturated rings. The fraction of sp³-hybridized carbons (Fsp3) is 0.733. The summed E-state index contributed by atoms with van der Waals surface area (Å²) in [4.78, 5) is 12.4. The second-order valence-electron chi connectivity index (χ2n) is 7.14. The van der Waals surface area contributed by atoms with E-state index in [0.717, 1.165) is 31.4 Å². The maximum atomic E-state index is 12.4. The summed E-state index contributed by atoms with van der Waals surface area (Å²) in [6.45, 7) is 8.20. The van der Waals surface area contributed by atoms with Gasteiger partial charge in [0.25, 0.3) is 0 Å². The van der Waals surface area contributed by atoms with Gasteiger partial charge in [0.05, 0.1) is 23.3 Å². The van der Waals surface area contributed by atoms with Crippen LogP contribution in [0.3, 0.4) is 0 Å². The van der Waals surface area contributed by atoms with Gasteiger partial charge in [-0.05, 0) is 40.5 Å². The number of hydrogen-bond donors (Lipinski definition) is 2. The zero-order valence-corrected chi connectivity index (χ0v) is 14.2. The number of hydrogen-bond acceptors (Lipinski definition) is 3. The van der Waals surface area contributed by atoms with Gasteiger partial charge in [0.2, 0.25) is 5.91 Å². The molecule has 1 aromatic rings. The monoisotopic (exact) mass is 314 g/mol. The van der Waals surface area contributed by atoms with E-state index >= 15 is 0 Å². The summed E-state index contributed by atoms with van der Waals surface area (Å²) in [5, 5.41) is 7.25. The first-order valence-corrected chi connectivity index (χ1v) is 7.35. The number of nitrogens with zero attached hydrogens (tertiary/aromatic N) is 2. The number of nitrogens with two attached hydrogens (primary N) is 1. The minimum Gasteiger partial charge on any atom is -0.325 e. The maximum Gasteiger partial charge on any atom is 0.229 e. The highest BCUT2D eigenvalue weighted by Crippen LogP contribution is 2.32. The Morgan fingerprint density at radius 3 is 2.67 bits per heavy atom. The van der Waals surface area contributed by atoms with Crippen molar-refractivity contribution in [2.45, 2.75) is 64.5 Å². The molecule has 3 N–H and O–H groups in total. The fourth-order valence-corrected chi connectivity index (χ4v) is 2.77. The molecule has 0 saturated heterocycles. The van der Waals surface area contributed by atoms with Crippen LogP contribution in [-0.4, -0.2) is 21.2 Å². The number of nitrogens with one attached hydrogen (secondary N) is 1. The fourth-order valence-electron chi connectivity index (χ4n) is 2.77. The highest BCUT2D eigenvalue weighted by atomic mass is 35.5. The molecule has 120 valence electrons. The Morgan fingerprint density at radius 1 is 1.48 bits per heavy atom. The lowest BCUT2D eigenvalue weighted by Crippen LogP contribution is -2.51. The zero-order chi connectivity index (χ0) is 15.0. The summed E-state index contributed by atoms with van der Waals surface area (Å²) in [6, 6.07) is 0. The van der Waals surface area contributed by atoms with Gasteiger partial charge < -0.3 is 11.1 Å². The van der Waals surface area contributed by atoms with E-state index in [1.807, 2.05) is 17.8 Å². The van der Waals surface area contributed by atoms with Crippen molar-refractivity contribution in [1.29, 1.82) is 0 Å². The molecule has 0 radical (unpaired) electrons. The number of carbonyl (C=O) groups excluding carboxylic acids is 1. The Morgan fingerprint density at radius 2 is 2.14 bits per heavy atom. The lowest BCUT2D eigenvalue weighted by molar-refractivity contribution is -0.122. The van der Waals surface area contributed by atoms with Crippen LogP contribution in [-0.2, 0) is 10.3 Å². The molecule has 1 aliphatic carbocycles. The Bertz CT molecular complexity index is 490. The predicted octanol–water partition coefficient (Wildman–Crippen LogP) is 2.91. The Balaban J connectivity index is 0.00000220. The summed E-state index contributed by atoms with van der Waals surface area (Å²) < 4.78 is 1.85. The van der Waals surface area contributed by atoms with E-state index < -0.39 is 5.54 Å². The van der Waals surface area contributed by atoms with Gasteiger partial charge in [-0.15, -0.1) is 12.4 Å². The minimum atomic E-state index is -0.400. The maximum absolute atomic E-state index is 12.4. The molecule has 0 aliphatic heterocycles. The number of aromatic nitrogens is 2. The molecule has 1 amide bonds. The lowest BCUT2D eigenvalue weighted by Gasteiger charge is -2.37. The van der Waals surface area contributed by atoms with Gasteiger partial charge in [0.1, 0.15) is 0 Å². The molecular formula is C15H27ClN4O. The van der Waals surface area contributed by atoms with Gasteiger partial charge >= 0.3 is 0 Å². The summed E-state index contributed by atoms with van der Waals surface area (Å²) in [5.74, 6) is -0.0996. The van der Waals surface area contributed by atoms with Crippen molar-refractivity contribution in [3.63, 3.8) is 0 Å². The minimum absolute atomic E-state index is 0. The van der Waals surface area contributed by atoms with Gasteiger partial charge in [0.15, 0.2) is 0 Å². The van der Waals surface area contributed by atoms with Crippen LogP contribution < -0.4 is 11.1 Å². The van der Waals surface area contributed by atoms with Crippen molar-refractivity contribution in [2.24, 2.45) is 11.7 Å². The van der Waals surface area contributed by atoms with Crippen LogP contribution in [0, 0.1) is 5.92 Å². The molecule has 2 rings (SSSR count). The zero-order valence-electron chi connectivity index (χ0n) is 13.3. The number of anilines is 1. The molecule has 6 heteroatoms. The second kappa shape index (κ2) is 6.36. The number of amides is 1. The standard InChI is InChI=1S/C15H26N4O.ClH/c1-14(2,3)19-10-11(9-17-19)18-13(20)12-7-5-6-8-15(12,4)16;/h9-10,12H,5-8,16H2,1-4H3,(H,18,20);1H. The van der Waals surface area contributed by atoms with Gasteiger partial charge in [-0.2, -0.15) is 5.10 Å². The van der Waals surface area contributed by atoms with Crippen LogP contribution in [0.1, 0.15) is 53.4 Å². The van der Waals surface area contributed by atoms with Crippen LogP contribution in [0.2, 0.25) is 0 Å². The highest BCUT2D eigenvalue weighted by Gasteiger charge is 2.37. The average molecular weight is 315 g/mol. The Hall–Kier alpha value is -1.07. The average Bonchev–Trinajstić information content (AvgIpc) is 2.76. The summed E-state index contributed by atoms with van der Waals surface area (Å²) in [5.41, 5.74) is 6.52. The molecule has 1 aromatic heterocycles. The van der Waals surface area contributed by atoms with Crippen LogP contribution in [0.4, 0.5) is 5.69 Å². The molecular weight excluding hydrogens is 288 g/mol. The van der Waals surface area contributed by atoms with Crippen molar-refractivity contribution in [2.75, 3.05) is 5.32 Å². The third kappa shape index (κ3) is 4.20. The first kappa shape index (κ1) is 18.0. The van der Waals surface area contributed by atoms with E-state index in [1.54, 1.807) is 6.20 Å². The molecule has 5 nitrogen and oxygen atoms in total. The van der Waals surface area contributed by atoms with Gasteiger partial charge in [-0.3, -0.25) is 9.48 Å². The summed E-state index contributed by atoms with van der Waals surface area (Å²) >= 11 is 0. The first-order valence-electron chi connectivity index (χ1n) is 7.35. The van der Waals surface area contributed by atoms with Gasteiger partial charge in [-0.1, -0.05) is 12.8 Å². The molecule has 1 saturated carbocycles. The van der Waals surface area contributed by atoms with Crippen LogP contribution in [0.5, 0.6) is 0 Å². The van der Waals surface area contributed by atoms with Crippen molar-refractivity contribution in [1.82, 2.24) is 9.78 Å². The molecule has 2 atom stereocenters. The van der Waals surface area contributed by atoms with E-state index in [-0.39, 0.29) is 29.8 Å². The van der Waals surface area contributed by atoms with E-state index in [4.69, 9.17) is 5.73 Å². The van der Waals surface area contributed by atoms with E-state index in [9.17, 15) is 4.79 Å². The van der Waals surface area contributed by atoms with Crippen molar-refractivity contribution in [3.05, 3.63) is 12.4 Å². The lowest BCUT2D eigenvalue weighted by atomic mass is 9.74. The molecule has 0 bridgehead atoms. The van der Waals surface area contributed by atoms with Crippen LogP contribution >= 0.6 is 12.4 Å².